The van der Waals surface area contributed by atoms with Crippen LogP contribution < -0.4 is 5.11 Å². The number of nitrogens with zero attached hydrogens (tertiary/aromatic N) is 1. The first-order chi connectivity index (χ1) is 33.1. The van der Waals surface area contributed by atoms with Gasteiger partial charge in [0, 0.05) is 12.8 Å². The Morgan fingerprint density at radius 3 is 1.26 bits per heavy atom. The maximum atomic E-state index is 12.8. The second-order valence-electron chi connectivity index (χ2n) is 18.8. The maximum Gasteiger partial charge on any atom is 0.306 e. The molecule has 0 aromatic rings. The summed E-state index contributed by atoms with van der Waals surface area (Å²) >= 11 is 0. The first-order valence-electron chi connectivity index (χ1n) is 26.9. The molecule has 0 amide bonds. The molecule has 0 aromatic carbocycles. The molecule has 0 saturated carbocycles. The molecular weight excluding hydrogens is 851 g/mol. The number of allylic oxidation sites excluding steroid dienone is 16. The first-order valence-corrected chi connectivity index (χ1v) is 26.9. The predicted octanol–water partition coefficient (Wildman–Crippen LogP) is 14.1. The number of carboxylic acid groups (broad SMARTS) is 1. The predicted molar refractivity (Wildman–Crippen MR) is 283 cm³/mol. The second-order valence-corrected chi connectivity index (χ2v) is 18.8. The lowest BCUT2D eigenvalue weighted by Crippen LogP contribution is -2.44. The molecule has 0 spiro atoms. The number of quaternary nitrogens is 1. The van der Waals surface area contributed by atoms with Crippen LogP contribution in [0.25, 0.3) is 0 Å². The molecule has 0 aromatic heterocycles. The van der Waals surface area contributed by atoms with Crippen LogP contribution in [-0.4, -0.2) is 82.3 Å². The van der Waals surface area contributed by atoms with Crippen molar-refractivity contribution in [1.29, 1.82) is 0 Å². The van der Waals surface area contributed by atoms with E-state index in [1.165, 1.54) is 51.4 Å². The zero-order valence-corrected chi connectivity index (χ0v) is 43.9. The van der Waals surface area contributed by atoms with Gasteiger partial charge in [0.1, 0.15) is 13.2 Å². The van der Waals surface area contributed by atoms with Crippen molar-refractivity contribution in [1.82, 2.24) is 0 Å². The summed E-state index contributed by atoms with van der Waals surface area (Å²) in [5.74, 6) is -2.31. The fourth-order valence-electron chi connectivity index (χ4n) is 6.93. The summed E-state index contributed by atoms with van der Waals surface area (Å²) in [6, 6.07) is 0. The Bertz CT molecular complexity index is 1430. The van der Waals surface area contributed by atoms with Gasteiger partial charge in [-0.05, 0) is 89.9 Å². The van der Waals surface area contributed by atoms with Crippen LogP contribution in [0, 0.1) is 0 Å². The Hall–Kier alpha value is -3.79. The van der Waals surface area contributed by atoms with Crippen molar-refractivity contribution in [2.24, 2.45) is 0 Å². The van der Waals surface area contributed by atoms with Gasteiger partial charge in [0.05, 0.1) is 40.3 Å². The van der Waals surface area contributed by atoms with E-state index >= 15 is 0 Å². The molecule has 9 nitrogen and oxygen atoms in total. The standard InChI is InChI=1S/C59H99NO8/c1-6-8-10-12-14-16-18-19-20-21-22-23-24-25-26-27-28-29-30-31-32-33-34-35-36-37-38-39-40-42-44-46-48-50-57(62)68-55(54-67-59(58(63)64)65-52-51-60(3,4)5)53-66-56(61)49-47-45-43-41-17-15-13-11-9-7-2/h8,10-11,13-14,16,19-20,22-23,25-26,28-29,31-32,55,59H,6-7,9,12,15,17-18,21,24,27,30,33-54H2,1-5H3/b10-8-,13-11-,16-14-,20-19-,23-22-,26-25-,29-28-,32-31-. The summed E-state index contributed by atoms with van der Waals surface area (Å²) in [7, 11) is 5.90. The number of ether oxygens (including phenoxy) is 4. The van der Waals surface area contributed by atoms with Crippen LogP contribution in [0.3, 0.4) is 0 Å². The van der Waals surface area contributed by atoms with Crippen molar-refractivity contribution in [3.05, 3.63) is 97.2 Å². The van der Waals surface area contributed by atoms with Crippen LogP contribution in [0.15, 0.2) is 97.2 Å². The van der Waals surface area contributed by atoms with E-state index in [9.17, 15) is 19.5 Å². The number of aliphatic carboxylic acids is 1. The number of likely N-dealkylation sites (N-methyl/N-ethyl adjacent to an activating group) is 1. The van der Waals surface area contributed by atoms with Gasteiger partial charge in [-0.2, -0.15) is 0 Å². The average molecular weight is 950 g/mol. The zero-order chi connectivity index (χ0) is 49.9. The maximum absolute atomic E-state index is 12.8. The van der Waals surface area contributed by atoms with E-state index in [4.69, 9.17) is 18.9 Å². The lowest BCUT2D eigenvalue weighted by molar-refractivity contribution is -0.870. The molecule has 0 N–H and O–H groups in total. The van der Waals surface area contributed by atoms with Crippen molar-refractivity contribution < 1.29 is 42.9 Å². The van der Waals surface area contributed by atoms with E-state index < -0.39 is 24.3 Å². The number of carboxylic acids is 1. The molecule has 2 atom stereocenters. The van der Waals surface area contributed by atoms with E-state index in [1.807, 2.05) is 21.1 Å². The Morgan fingerprint density at radius 2 is 0.838 bits per heavy atom. The van der Waals surface area contributed by atoms with Gasteiger partial charge in [0.15, 0.2) is 12.4 Å². The highest BCUT2D eigenvalue weighted by molar-refractivity contribution is 5.70. The van der Waals surface area contributed by atoms with Gasteiger partial charge in [-0.1, -0.05) is 195 Å². The normalized spacial score (nSPS) is 13.6. The third-order valence-electron chi connectivity index (χ3n) is 11.0. The minimum atomic E-state index is -1.63. The highest BCUT2D eigenvalue weighted by atomic mass is 16.7. The number of rotatable bonds is 48. The van der Waals surface area contributed by atoms with Crippen molar-refractivity contribution in [2.75, 3.05) is 47.5 Å². The van der Waals surface area contributed by atoms with E-state index in [1.54, 1.807) is 0 Å². The van der Waals surface area contributed by atoms with Gasteiger partial charge >= 0.3 is 11.9 Å². The fraction of sp³-hybridized carbons (Fsp3) is 0.678. The van der Waals surface area contributed by atoms with E-state index in [2.05, 4.69) is 111 Å². The minimum absolute atomic E-state index is 0.142. The number of hydrogen-bond acceptors (Lipinski definition) is 8. The van der Waals surface area contributed by atoms with Crippen LogP contribution in [-0.2, 0) is 33.3 Å². The molecule has 388 valence electrons. The molecule has 2 unspecified atom stereocenters. The number of unbranched alkanes of at least 4 members (excludes halogenated alkanes) is 17. The lowest BCUT2D eigenvalue weighted by atomic mass is 10.0. The van der Waals surface area contributed by atoms with Crippen molar-refractivity contribution >= 4 is 17.9 Å². The van der Waals surface area contributed by atoms with Crippen molar-refractivity contribution in [2.45, 2.75) is 212 Å². The molecule has 68 heavy (non-hydrogen) atoms. The highest BCUT2D eigenvalue weighted by Crippen LogP contribution is 2.14. The van der Waals surface area contributed by atoms with E-state index in [0.717, 1.165) is 116 Å². The lowest BCUT2D eigenvalue weighted by Gasteiger charge is -2.26. The van der Waals surface area contributed by atoms with Crippen LogP contribution in [0.1, 0.15) is 200 Å². The largest absolute Gasteiger partial charge is 0.545 e. The van der Waals surface area contributed by atoms with Gasteiger partial charge in [0.2, 0.25) is 0 Å². The van der Waals surface area contributed by atoms with Gasteiger partial charge in [-0.3, -0.25) is 9.59 Å². The summed E-state index contributed by atoms with van der Waals surface area (Å²) < 4.78 is 22.6. The summed E-state index contributed by atoms with van der Waals surface area (Å²) in [5.41, 5.74) is 0. The first kappa shape index (κ1) is 64.2. The zero-order valence-electron chi connectivity index (χ0n) is 43.9. The number of hydrogen-bond donors (Lipinski definition) is 0. The van der Waals surface area contributed by atoms with Gasteiger partial charge < -0.3 is 33.3 Å². The Labute approximate surface area is 416 Å². The van der Waals surface area contributed by atoms with E-state index in [0.29, 0.717) is 17.4 Å². The third kappa shape index (κ3) is 50.1. The number of carbonyl (C=O) groups excluding carboxylic acids is 3. The Morgan fingerprint density at radius 1 is 0.456 bits per heavy atom. The van der Waals surface area contributed by atoms with Crippen molar-refractivity contribution in [3.63, 3.8) is 0 Å². The minimum Gasteiger partial charge on any atom is -0.545 e. The van der Waals surface area contributed by atoms with Gasteiger partial charge in [-0.15, -0.1) is 0 Å². The highest BCUT2D eigenvalue weighted by Gasteiger charge is 2.22. The van der Waals surface area contributed by atoms with Crippen LogP contribution in [0.2, 0.25) is 0 Å². The van der Waals surface area contributed by atoms with Crippen molar-refractivity contribution in [3.8, 4) is 0 Å². The molecule has 0 aliphatic heterocycles. The molecule has 0 rings (SSSR count). The Kier molecular flexibility index (Phi) is 46.9. The molecule has 0 aliphatic rings. The van der Waals surface area contributed by atoms with Gasteiger partial charge in [-0.25, -0.2) is 0 Å². The molecule has 0 bridgehead atoms. The second kappa shape index (κ2) is 49.6. The number of carbonyl (C=O) groups is 3. The molecule has 0 aliphatic carbocycles. The van der Waals surface area contributed by atoms with Gasteiger partial charge in [0.25, 0.3) is 0 Å². The monoisotopic (exact) mass is 950 g/mol. The van der Waals surface area contributed by atoms with E-state index in [-0.39, 0.29) is 38.6 Å². The molecule has 0 heterocycles. The number of esters is 2. The quantitative estimate of drug-likeness (QED) is 0.0195. The molecule has 0 radical (unpaired) electrons. The topological polar surface area (TPSA) is 111 Å². The summed E-state index contributed by atoms with van der Waals surface area (Å²) in [6.07, 6.45) is 63.2. The smallest absolute Gasteiger partial charge is 0.306 e. The summed E-state index contributed by atoms with van der Waals surface area (Å²) in [6.45, 7) is 4.53. The fourth-order valence-corrected chi connectivity index (χ4v) is 6.93. The van der Waals surface area contributed by atoms with Crippen LogP contribution in [0.5, 0.6) is 0 Å². The summed E-state index contributed by atoms with van der Waals surface area (Å²) in [4.78, 5) is 37.0. The molecule has 0 saturated heterocycles. The SMILES string of the molecule is CC/C=C\C/C=C\C/C=C\C/C=C\C/C=C\C/C=C\C/C=C\CCCCCCCCCCCCCC(=O)OC(COC(=O)CCCCCCC/C=C\CCC)COC(OCC[N+](C)(C)C)C(=O)[O-]. The molecular formula is C59H99NO8. The molecule has 0 fully saturated rings. The molecule has 9 heteroatoms. The van der Waals surface area contributed by atoms with Crippen LogP contribution >= 0.6 is 0 Å². The summed E-state index contributed by atoms with van der Waals surface area (Å²) in [5, 5.41) is 11.7. The van der Waals surface area contributed by atoms with Crippen LogP contribution in [0.4, 0.5) is 0 Å². The Balaban J connectivity index is 4.16. The average Bonchev–Trinajstić information content (AvgIpc) is 3.30. The third-order valence-corrected chi connectivity index (χ3v) is 11.0.